The summed E-state index contributed by atoms with van der Waals surface area (Å²) < 4.78 is 49.5. The summed E-state index contributed by atoms with van der Waals surface area (Å²) in [7, 11) is 0. The summed E-state index contributed by atoms with van der Waals surface area (Å²) in [6.45, 7) is 0.825. The Bertz CT molecular complexity index is 1320. The third-order valence-corrected chi connectivity index (χ3v) is 5.44. The van der Waals surface area contributed by atoms with E-state index in [1.165, 1.54) is 24.3 Å². The van der Waals surface area contributed by atoms with Crippen LogP contribution in [0.2, 0.25) is 0 Å². The molecular formula is C26H24F3N3O4. The van der Waals surface area contributed by atoms with Gasteiger partial charge in [0, 0.05) is 23.7 Å². The van der Waals surface area contributed by atoms with Gasteiger partial charge in [0.2, 0.25) is 0 Å². The normalized spacial score (nSPS) is 11.5. The van der Waals surface area contributed by atoms with Gasteiger partial charge >= 0.3 is 12.3 Å². The number of carboxylic acid groups (broad SMARTS) is 1. The van der Waals surface area contributed by atoms with Crippen LogP contribution in [0.3, 0.4) is 0 Å². The van der Waals surface area contributed by atoms with E-state index >= 15 is 0 Å². The van der Waals surface area contributed by atoms with Gasteiger partial charge in [-0.1, -0.05) is 18.2 Å². The van der Waals surface area contributed by atoms with Crippen LogP contribution in [0.5, 0.6) is 11.5 Å². The number of carboxylic acids is 1. The largest absolute Gasteiger partial charge is 0.573 e. The Labute approximate surface area is 205 Å². The van der Waals surface area contributed by atoms with Gasteiger partial charge in [-0.15, -0.1) is 13.2 Å². The fourth-order valence-electron chi connectivity index (χ4n) is 3.82. The zero-order chi connectivity index (χ0) is 25.5. The molecule has 7 nitrogen and oxygen atoms in total. The zero-order valence-electron chi connectivity index (χ0n) is 19.2. The lowest BCUT2D eigenvalue weighted by molar-refractivity contribution is -0.274. The Kier molecular flexibility index (Phi) is 7.72. The fraction of sp³-hybridized carbons (Fsp3) is 0.269. The van der Waals surface area contributed by atoms with Crippen LogP contribution in [0.15, 0.2) is 66.9 Å². The Hall–Kier alpha value is -4.08. The van der Waals surface area contributed by atoms with E-state index in [1.807, 2.05) is 34.9 Å². The molecular weight excluding hydrogens is 475 g/mol. The monoisotopic (exact) mass is 499 g/mol. The number of ether oxygens (including phenoxy) is 2. The predicted octanol–water partition coefficient (Wildman–Crippen LogP) is 6.07. The molecule has 0 aliphatic carbocycles. The number of para-hydroxylation sites is 1. The second kappa shape index (κ2) is 11.1. The first-order chi connectivity index (χ1) is 17.3. The van der Waals surface area contributed by atoms with Crippen LogP contribution in [0.25, 0.3) is 22.6 Å². The summed E-state index contributed by atoms with van der Waals surface area (Å²) in [5.41, 5.74) is 2.78. The SMILES string of the molecule is O=C(O)CCCCCOc1ccccc1Cn1c(-c2ccc(OC(F)(F)F)cc2)nc2cccnc21. The molecule has 2 aromatic carbocycles. The number of imidazole rings is 1. The number of halogens is 3. The van der Waals surface area contributed by atoms with Gasteiger partial charge in [-0.05, 0) is 61.7 Å². The molecule has 2 aromatic heterocycles. The van der Waals surface area contributed by atoms with Gasteiger partial charge in [-0.25, -0.2) is 9.97 Å². The van der Waals surface area contributed by atoms with Crippen molar-refractivity contribution in [1.29, 1.82) is 0 Å². The number of aromatic nitrogens is 3. The van der Waals surface area contributed by atoms with Crippen molar-refractivity contribution in [3.05, 3.63) is 72.4 Å². The van der Waals surface area contributed by atoms with Crippen LogP contribution in [0, 0.1) is 0 Å². The van der Waals surface area contributed by atoms with E-state index < -0.39 is 12.3 Å². The van der Waals surface area contributed by atoms with Gasteiger partial charge in [0.05, 0.1) is 13.2 Å². The molecule has 0 unspecified atom stereocenters. The van der Waals surface area contributed by atoms with Crippen molar-refractivity contribution in [2.45, 2.75) is 38.6 Å². The standard InChI is InChI=1S/C26H24F3N3O4/c27-26(28,29)36-20-13-11-18(12-14-20)24-31-21-8-6-15-30-25(21)32(24)17-19-7-3-4-9-22(19)35-16-5-1-2-10-23(33)34/h3-4,6-9,11-15H,1-2,5,10,16-17H2,(H,33,34). The molecule has 4 rings (SSSR count). The van der Waals surface area contributed by atoms with E-state index in [9.17, 15) is 18.0 Å². The molecule has 4 aromatic rings. The van der Waals surface area contributed by atoms with E-state index in [1.54, 1.807) is 12.3 Å². The fourth-order valence-corrected chi connectivity index (χ4v) is 3.82. The molecule has 0 aliphatic rings. The highest BCUT2D eigenvalue weighted by molar-refractivity contribution is 5.77. The highest BCUT2D eigenvalue weighted by Gasteiger charge is 2.31. The molecule has 0 radical (unpaired) electrons. The summed E-state index contributed by atoms with van der Waals surface area (Å²) in [6, 6.07) is 16.7. The molecule has 188 valence electrons. The molecule has 36 heavy (non-hydrogen) atoms. The number of alkyl halides is 3. The van der Waals surface area contributed by atoms with Crippen molar-refractivity contribution in [3.8, 4) is 22.9 Å². The maximum Gasteiger partial charge on any atom is 0.573 e. The lowest BCUT2D eigenvalue weighted by Gasteiger charge is -2.14. The summed E-state index contributed by atoms with van der Waals surface area (Å²) in [6.07, 6.45) is -0.882. The lowest BCUT2D eigenvalue weighted by atomic mass is 10.1. The quantitative estimate of drug-likeness (QED) is 0.252. The average Bonchev–Trinajstić information content (AvgIpc) is 3.20. The van der Waals surface area contributed by atoms with Crippen molar-refractivity contribution in [2.24, 2.45) is 0 Å². The van der Waals surface area contributed by atoms with Gasteiger partial charge in [-0.3, -0.25) is 4.79 Å². The third kappa shape index (κ3) is 6.53. The van der Waals surface area contributed by atoms with Crippen LogP contribution >= 0.6 is 0 Å². The highest BCUT2D eigenvalue weighted by atomic mass is 19.4. The second-order valence-electron chi connectivity index (χ2n) is 8.10. The third-order valence-electron chi connectivity index (χ3n) is 5.44. The molecule has 0 bridgehead atoms. The number of carbonyl (C=O) groups is 1. The number of unbranched alkanes of at least 4 members (excludes halogenated alkanes) is 2. The number of hydrogen-bond acceptors (Lipinski definition) is 5. The van der Waals surface area contributed by atoms with Gasteiger partial charge < -0.3 is 19.1 Å². The van der Waals surface area contributed by atoms with Crippen LogP contribution in [0.1, 0.15) is 31.2 Å². The number of benzene rings is 2. The molecule has 0 saturated carbocycles. The highest BCUT2D eigenvalue weighted by Crippen LogP contribution is 2.30. The first-order valence-corrected chi connectivity index (χ1v) is 11.4. The first-order valence-electron chi connectivity index (χ1n) is 11.4. The topological polar surface area (TPSA) is 86.5 Å². The minimum absolute atomic E-state index is 0.142. The number of fused-ring (bicyclic) bond motifs is 1. The zero-order valence-corrected chi connectivity index (χ0v) is 19.2. The van der Waals surface area contributed by atoms with Crippen LogP contribution in [-0.4, -0.2) is 38.6 Å². The van der Waals surface area contributed by atoms with Crippen molar-refractivity contribution in [2.75, 3.05) is 6.61 Å². The Morgan fingerprint density at radius 2 is 1.75 bits per heavy atom. The number of nitrogens with zero attached hydrogens (tertiary/aromatic N) is 3. The smallest absolute Gasteiger partial charge is 0.493 e. The number of aliphatic carboxylic acids is 1. The summed E-state index contributed by atoms with van der Waals surface area (Å²) >= 11 is 0. The van der Waals surface area contributed by atoms with E-state index in [2.05, 4.69) is 14.7 Å². The number of rotatable bonds is 11. The molecule has 0 atom stereocenters. The molecule has 0 aliphatic heterocycles. The van der Waals surface area contributed by atoms with E-state index in [0.29, 0.717) is 47.9 Å². The van der Waals surface area contributed by atoms with Crippen LogP contribution in [-0.2, 0) is 11.3 Å². The molecule has 0 spiro atoms. The van der Waals surface area contributed by atoms with E-state index in [4.69, 9.17) is 9.84 Å². The van der Waals surface area contributed by atoms with E-state index in [0.717, 1.165) is 18.4 Å². The summed E-state index contributed by atoms with van der Waals surface area (Å²) in [5.74, 6) is 0.119. The minimum Gasteiger partial charge on any atom is -0.493 e. The van der Waals surface area contributed by atoms with Gasteiger partial charge in [0.25, 0.3) is 0 Å². The maximum atomic E-state index is 12.5. The van der Waals surface area contributed by atoms with Crippen molar-refractivity contribution < 1.29 is 32.5 Å². The summed E-state index contributed by atoms with van der Waals surface area (Å²) in [4.78, 5) is 19.8. The average molecular weight is 499 g/mol. The van der Waals surface area contributed by atoms with Gasteiger partial charge in [0.1, 0.15) is 22.8 Å². The molecule has 10 heteroatoms. The Morgan fingerprint density at radius 3 is 2.50 bits per heavy atom. The van der Waals surface area contributed by atoms with Gasteiger partial charge in [-0.2, -0.15) is 0 Å². The van der Waals surface area contributed by atoms with Gasteiger partial charge in [0.15, 0.2) is 5.65 Å². The van der Waals surface area contributed by atoms with Crippen molar-refractivity contribution in [3.63, 3.8) is 0 Å². The number of pyridine rings is 1. The van der Waals surface area contributed by atoms with Crippen molar-refractivity contribution >= 4 is 17.1 Å². The predicted molar refractivity (Wildman–Crippen MR) is 127 cm³/mol. The summed E-state index contributed by atoms with van der Waals surface area (Å²) in [5, 5.41) is 8.75. The molecule has 0 saturated heterocycles. The maximum absolute atomic E-state index is 12.5. The minimum atomic E-state index is -4.77. The molecule has 0 amide bonds. The Morgan fingerprint density at radius 1 is 0.972 bits per heavy atom. The van der Waals surface area contributed by atoms with Crippen LogP contribution < -0.4 is 9.47 Å². The lowest BCUT2D eigenvalue weighted by Crippen LogP contribution is -2.17. The second-order valence-corrected chi connectivity index (χ2v) is 8.10. The molecule has 1 N–H and O–H groups in total. The van der Waals surface area contributed by atoms with E-state index in [-0.39, 0.29) is 12.2 Å². The molecule has 0 fully saturated rings. The molecule has 2 heterocycles. The number of hydrogen-bond donors (Lipinski definition) is 1. The first kappa shape index (κ1) is 25.0. The van der Waals surface area contributed by atoms with Crippen molar-refractivity contribution in [1.82, 2.24) is 14.5 Å². The Balaban J connectivity index is 1.57. The van der Waals surface area contributed by atoms with Crippen LogP contribution in [0.4, 0.5) is 13.2 Å².